The highest BCUT2D eigenvalue weighted by atomic mass is 19.1. The van der Waals surface area contributed by atoms with Crippen LogP contribution in [0.4, 0.5) is 4.39 Å². The topological polar surface area (TPSA) is 29.3 Å². The standard InChI is InChI=1S/C12H17FN2/c1-9-6-15(7-9)8-11-3-2-10(5-14)4-12(11)13/h2-4,9H,5-8,14H2,1H3. The van der Waals surface area contributed by atoms with Crippen molar-refractivity contribution in [2.24, 2.45) is 11.7 Å². The first-order valence-corrected chi connectivity index (χ1v) is 5.38. The van der Waals surface area contributed by atoms with Gasteiger partial charge in [0, 0.05) is 31.7 Å². The van der Waals surface area contributed by atoms with E-state index in [-0.39, 0.29) is 5.82 Å². The van der Waals surface area contributed by atoms with Gasteiger partial charge < -0.3 is 5.73 Å². The highest BCUT2D eigenvalue weighted by molar-refractivity contribution is 5.24. The van der Waals surface area contributed by atoms with Gasteiger partial charge in [-0.3, -0.25) is 4.90 Å². The van der Waals surface area contributed by atoms with E-state index in [4.69, 9.17) is 5.73 Å². The summed E-state index contributed by atoms with van der Waals surface area (Å²) in [6.07, 6.45) is 0. The molecule has 82 valence electrons. The summed E-state index contributed by atoms with van der Waals surface area (Å²) in [6, 6.07) is 5.29. The summed E-state index contributed by atoms with van der Waals surface area (Å²) in [5.74, 6) is 0.633. The van der Waals surface area contributed by atoms with Crippen molar-refractivity contribution >= 4 is 0 Å². The van der Waals surface area contributed by atoms with Crippen molar-refractivity contribution in [1.29, 1.82) is 0 Å². The highest BCUT2D eigenvalue weighted by Crippen LogP contribution is 2.19. The molecule has 0 unspecified atom stereocenters. The quantitative estimate of drug-likeness (QED) is 0.819. The number of likely N-dealkylation sites (tertiary alicyclic amines) is 1. The summed E-state index contributed by atoms with van der Waals surface area (Å²) in [7, 11) is 0. The fourth-order valence-corrected chi connectivity index (χ4v) is 2.04. The maximum absolute atomic E-state index is 13.6. The van der Waals surface area contributed by atoms with Crippen molar-refractivity contribution in [2.75, 3.05) is 13.1 Å². The van der Waals surface area contributed by atoms with Crippen LogP contribution in [0.1, 0.15) is 18.1 Å². The molecule has 0 saturated carbocycles. The Balaban J connectivity index is 2.02. The van der Waals surface area contributed by atoms with Crippen LogP contribution in [0.15, 0.2) is 18.2 Å². The zero-order valence-corrected chi connectivity index (χ0v) is 9.04. The second-order valence-electron chi connectivity index (χ2n) is 4.43. The Bertz CT molecular complexity index is 345. The predicted octanol–water partition coefficient (Wildman–Crippen LogP) is 1.74. The van der Waals surface area contributed by atoms with Gasteiger partial charge in [0.1, 0.15) is 5.82 Å². The fourth-order valence-electron chi connectivity index (χ4n) is 2.04. The second kappa shape index (κ2) is 4.29. The van der Waals surface area contributed by atoms with E-state index in [0.29, 0.717) is 6.54 Å². The number of hydrogen-bond donors (Lipinski definition) is 1. The lowest BCUT2D eigenvalue weighted by Crippen LogP contribution is -2.44. The summed E-state index contributed by atoms with van der Waals surface area (Å²) < 4.78 is 13.6. The number of nitrogens with two attached hydrogens (primary N) is 1. The zero-order valence-electron chi connectivity index (χ0n) is 9.04. The molecule has 15 heavy (non-hydrogen) atoms. The van der Waals surface area contributed by atoms with Gasteiger partial charge in [-0.15, -0.1) is 0 Å². The van der Waals surface area contributed by atoms with Gasteiger partial charge >= 0.3 is 0 Å². The molecule has 0 spiro atoms. The molecule has 1 aliphatic rings. The van der Waals surface area contributed by atoms with Crippen LogP contribution in [0, 0.1) is 11.7 Å². The van der Waals surface area contributed by atoms with E-state index in [9.17, 15) is 4.39 Å². The molecule has 1 aromatic carbocycles. The first-order chi connectivity index (χ1) is 7.19. The number of benzene rings is 1. The van der Waals surface area contributed by atoms with Crippen LogP contribution in [-0.2, 0) is 13.1 Å². The van der Waals surface area contributed by atoms with Gasteiger partial charge in [0.05, 0.1) is 0 Å². The molecule has 0 bridgehead atoms. The van der Waals surface area contributed by atoms with Crippen LogP contribution in [0.5, 0.6) is 0 Å². The summed E-state index contributed by atoms with van der Waals surface area (Å²) in [4.78, 5) is 2.26. The van der Waals surface area contributed by atoms with Gasteiger partial charge in [-0.2, -0.15) is 0 Å². The van der Waals surface area contributed by atoms with Crippen molar-refractivity contribution in [3.05, 3.63) is 35.1 Å². The van der Waals surface area contributed by atoms with Gasteiger partial charge in [0.25, 0.3) is 0 Å². The van der Waals surface area contributed by atoms with E-state index >= 15 is 0 Å². The van der Waals surface area contributed by atoms with Gasteiger partial charge in [-0.25, -0.2) is 4.39 Å². The lowest BCUT2D eigenvalue weighted by atomic mass is 10.0. The third-order valence-corrected chi connectivity index (χ3v) is 2.89. The van der Waals surface area contributed by atoms with Gasteiger partial charge in [0.2, 0.25) is 0 Å². The molecule has 0 radical (unpaired) electrons. The van der Waals surface area contributed by atoms with Crippen molar-refractivity contribution in [1.82, 2.24) is 4.90 Å². The van der Waals surface area contributed by atoms with Gasteiger partial charge in [0.15, 0.2) is 0 Å². The van der Waals surface area contributed by atoms with E-state index in [1.54, 1.807) is 6.07 Å². The van der Waals surface area contributed by atoms with Crippen LogP contribution < -0.4 is 5.73 Å². The minimum Gasteiger partial charge on any atom is -0.326 e. The molecule has 0 aromatic heterocycles. The predicted molar refractivity (Wildman–Crippen MR) is 58.7 cm³/mol. The summed E-state index contributed by atoms with van der Waals surface area (Å²) in [5.41, 5.74) is 7.08. The average molecular weight is 208 g/mol. The van der Waals surface area contributed by atoms with Crippen LogP contribution in [0.3, 0.4) is 0 Å². The van der Waals surface area contributed by atoms with Crippen molar-refractivity contribution in [3.63, 3.8) is 0 Å². The van der Waals surface area contributed by atoms with Crippen LogP contribution in [-0.4, -0.2) is 18.0 Å². The van der Waals surface area contributed by atoms with Gasteiger partial charge in [-0.05, 0) is 17.5 Å². The Morgan fingerprint density at radius 1 is 1.47 bits per heavy atom. The minimum absolute atomic E-state index is 0.127. The smallest absolute Gasteiger partial charge is 0.128 e. The normalized spacial score (nSPS) is 17.8. The molecular weight excluding hydrogens is 191 g/mol. The monoisotopic (exact) mass is 208 g/mol. The number of hydrogen-bond acceptors (Lipinski definition) is 2. The van der Waals surface area contributed by atoms with Crippen molar-refractivity contribution < 1.29 is 4.39 Å². The molecule has 1 aliphatic heterocycles. The van der Waals surface area contributed by atoms with E-state index in [1.165, 1.54) is 0 Å². The van der Waals surface area contributed by atoms with E-state index in [1.807, 2.05) is 12.1 Å². The molecule has 0 atom stereocenters. The maximum atomic E-state index is 13.6. The molecule has 1 saturated heterocycles. The molecule has 1 aromatic rings. The van der Waals surface area contributed by atoms with E-state index in [2.05, 4.69) is 11.8 Å². The molecule has 0 aliphatic carbocycles. The lowest BCUT2D eigenvalue weighted by Gasteiger charge is -2.37. The van der Waals surface area contributed by atoms with Crippen LogP contribution in [0.25, 0.3) is 0 Å². The molecule has 3 heteroatoms. The molecule has 0 amide bonds. The summed E-state index contributed by atoms with van der Waals surface area (Å²) in [5, 5.41) is 0. The maximum Gasteiger partial charge on any atom is 0.128 e. The van der Waals surface area contributed by atoms with Crippen molar-refractivity contribution in [2.45, 2.75) is 20.0 Å². The largest absolute Gasteiger partial charge is 0.326 e. The molecular formula is C12H17FN2. The zero-order chi connectivity index (χ0) is 10.8. The molecule has 1 fully saturated rings. The minimum atomic E-state index is -0.127. The number of halogens is 1. The first-order valence-electron chi connectivity index (χ1n) is 5.38. The summed E-state index contributed by atoms with van der Waals surface area (Å²) >= 11 is 0. The number of rotatable bonds is 3. The Morgan fingerprint density at radius 3 is 2.73 bits per heavy atom. The molecule has 2 N–H and O–H groups in total. The molecule has 2 rings (SSSR count). The Morgan fingerprint density at radius 2 is 2.20 bits per heavy atom. The van der Waals surface area contributed by atoms with Crippen LogP contribution in [0.2, 0.25) is 0 Å². The third kappa shape index (κ3) is 2.36. The Hall–Kier alpha value is -0.930. The lowest BCUT2D eigenvalue weighted by molar-refractivity contribution is 0.103. The third-order valence-electron chi connectivity index (χ3n) is 2.89. The summed E-state index contributed by atoms with van der Waals surface area (Å²) in [6.45, 7) is 5.50. The SMILES string of the molecule is CC1CN(Cc2ccc(CN)cc2F)C1. The Labute approximate surface area is 89.9 Å². The fraction of sp³-hybridized carbons (Fsp3) is 0.500. The highest BCUT2D eigenvalue weighted by Gasteiger charge is 2.22. The van der Waals surface area contributed by atoms with Crippen molar-refractivity contribution in [3.8, 4) is 0 Å². The van der Waals surface area contributed by atoms with E-state index in [0.717, 1.165) is 36.7 Å². The molecule has 2 nitrogen and oxygen atoms in total. The second-order valence-corrected chi connectivity index (χ2v) is 4.43. The number of nitrogens with zero attached hydrogens (tertiary/aromatic N) is 1. The Kier molecular flexibility index (Phi) is 3.03. The average Bonchev–Trinajstić information content (AvgIpc) is 2.18. The van der Waals surface area contributed by atoms with E-state index < -0.39 is 0 Å². The van der Waals surface area contributed by atoms with Gasteiger partial charge in [-0.1, -0.05) is 19.1 Å². The van der Waals surface area contributed by atoms with Crippen LogP contribution >= 0.6 is 0 Å². The molecule has 1 heterocycles. The first kappa shape index (κ1) is 10.6.